The standard InChI is InChI=1S/C10H19BO2/c1-2-3-6-9-7-4-5-8-10(9)11(12)13/h12-13H,2-8H2,1H3. The van der Waals surface area contributed by atoms with Gasteiger partial charge in [-0.1, -0.05) is 18.9 Å². The van der Waals surface area contributed by atoms with E-state index < -0.39 is 7.12 Å². The Morgan fingerprint density at radius 3 is 2.54 bits per heavy atom. The molecule has 13 heavy (non-hydrogen) atoms. The lowest BCUT2D eigenvalue weighted by Gasteiger charge is -2.19. The molecule has 74 valence electrons. The molecule has 2 N–H and O–H groups in total. The van der Waals surface area contributed by atoms with Gasteiger partial charge >= 0.3 is 7.12 Å². The van der Waals surface area contributed by atoms with Crippen LogP contribution in [0.5, 0.6) is 0 Å². The SMILES string of the molecule is CCCCC1=C(B(O)O)CCCC1. The molecule has 2 nitrogen and oxygen atoms in total. The van der Waals surface area contributed by atoms with Gasteiger partial charge in [0.25, 0.3) is 0 Å². The fourth-order valence-corrected chi connectivity index (χ4v) is 1.98. The average molecular weight is 182 g/mol. The highest BCUT2D eigenvalue weighted by atomic mass is 16.4. The van der Waals surface area contributed by atoms with Crippen LogP contribution in [0.25, 0.3) is 0 Å². The highest BCUT2D eigenvalue weighted by Crippen LogP contribution is 2.28. The minimum Gasteiger partial charge on any atom is -0.423 e. The van der Waals surface area contributed by atoms with Gasteiger partial charge < -0.3 is 10.0 Å². The predicted octanol–water partition coefficient (Wildman–Crippen LogP) is 2.06. The summed E-state index contributed by atoms with van der Waals surface area (Å²) in [5.74, 6) is 0. The van der Waals surface area contributed by atoms with E-state index in [0.29, 0.717) is 0 Å². The maximum Gasteiger partial charge on any atom is 0.484 e. The van der Waals surface area contributed by atoms with Crippen LogP contribution in [0.15, 0.2) is 11.0 Å². The summed E-state index contributed by atoms with van der Waals surface area (Å²) in [6.07, 6.45) is 7.70. The molecule has 1 aliphatic rings. The van der Waals surface area contributed by atoms with Crippen LogP contribution in [0.3, 0.4) is 0 Å². The first kappa shape index (κ1) is 10.8. The Bertz CT molecular complexity index is 187. The van der Waals surface area contributed by atoms with Crippen LogP contribution in [0.1, 0.15) is 51.9 Å². The molecule has 0 atom stereocenters. The second kappa shape index (κ2) is 5.45. The van der Waals surface area contributed by atoms with E-state index in [1.165, 1.54) is 24.8 Å². The number of hydrogen-bond acceptors (Lipinski definition) is 2. The van der Waals surface area contributed by atoms with Crippen molar-refractivity contribution in [1.29, 1.82) is 0 Å². The predicted molar refractivity (Wildman–Crippen MR) is 55.2 cm³/mol. The summed E-state index contributed by atoms with van der Waals surface area (Å²) >= 11 is 0. The quantitative estimate of drug-likeness (QED) is 0.653. The van der Waals surface area contributed by atoms with Gasteiger partial charge in [-0.2, -0.15) is 0 Å². The molecule has 0 saturated carbocycles. The molecule has 0 bridgehead atoms. The Labute approximate surface area is 80.8 Å². The highest BCUT2D eigenvalue weighted by Gasteiger charge is 2.21. The Hall–Kier alpha value is -0.275. The second-order valence-electron chi connectivity index (χ2n) is 3.81. The van der Waals surface area contributed by atoms with Crippen molar-refractivity contribution in [2.75, 3.05) is 0 Å². The topological polar surface area (TPSA) is 40.5 Å². The van der Waals surface area contributed by atoms with Gasteiger partial charge in [0.05, 0.1) is 0 Å². The van der Waals surface area contributed by atoms with Crippen molar-refractivity contribution in [3.63, 3.8) is 0 Å². The molecule has 0 spiro atoms. The molecule has 0 radical (unpaired) electrons. The molecule has 0 aromatic rings. The largest absolute Gasteiger partial charge is 0.484 e. The Morgan fingerprint density at radius 1 is 1.23 bits per heavy atom. The normalized spacial score (nSPS) is 17.8. The molecule has 0 aliphatic heterocycles. The van der Waals surface area contributed by atoms with E-state index in [0.717, 1.165) is 31.2 Å². The number of unbranched alkanes of at least 4 members (excludes halogenated alkanes) is 1. The average Bonchev–Trinajstić information content (AvgIpc) is 2.15. The zero-order chi connectivity index (χ0) is 9.68. The lowest BCUT2D eigenvalue weighted by molar-refractivity contribution is 0.411. The first-order valence-corrected chi connectivity index (χ1v) is 5.32. The van der Waals surface area contributed by atoms with E-state index in [-0.39, 0.29) is 0 Å². The fraction of sp³-hybridized carbons (Fsp3) is 0.800. The Morgan fingerprint density at radius 2 is 1.92 bits per heavy atom. The van der Waals surface area contributed by atoms with Crippen molar-refractivity contribution < 1.29 is 10.0 Å². The summed E-state index contributed by atoms with van der Waals surface area (Å²) in [5.41, 5.74) is 2.21. The van der Waals surface area contributed by atoms with Gasteiger partial charge in [-0.3, -0.25) is 0 Å². The molecule has 0 fully saturated rings. The van der Waals surface area contributed by atoms with Crippen LogP contribution in [0.2, 0.25) is 0 Å². The van der Waals surface area contributed by atoms with Crippen LogP contribution >= 0.6 is 0 Å². The maximum atomic E-state index is 9.14. The number of allylic oxidation sites excluding steroid dienone is 2. The number of rotatable bonds is 4. The van der Waals surface area contributed by atoms with E-state index in [2.05, 4.69) is 6.92 Å². The van der Waals surface area contributed by atoms with Gasteiger partial charge in [-0.25, -0.2) is 0 Å². The van der Waals surface area contributed by atoms with Crippen molar-refractivity contribution in [3.8, 4) is 0 Å². The smallest absolute Gasteiger partial charge is 0.423 e. The zero-order valence-electron chi connectivity index (χ0n) is 8.42. The minimum atomic E-state index is -1.20. The first-order chi connectivity index (χ1) is 6.25. The van der Waals surface area contributed by atoms with E-state index in [1.807, 2.05) is 0 Å². The molecule has 0 saturated heterocycles. The van der Waals surface area contributed by atoms with Crippen LogP contribution in [-0.4, -0.2) is 17.2 Å². The molecule has 1 rings (SSSR count). The van der Waals surface area contributed by atoms with Gasteiger partial charge in [0.15, 0.2) is 0 Å². The molecule has 0 aromatic carbocycles. The van der Waals surface area contributed by atoms with Crippen LogP contribution < -0.4 is 0 Å². The third kappa shape index (κ3) is 3.16. The highest BCUT2D eigenvalue weighted by molar-refractivity contribution is 6.50. The van der Waals surface area contributed by atoms with Gasteiger partial charge in [0.2, 0.25) is 0 Å². The molecular weight excluding hydrogens is 163 g/mol. The maximum absolute atomic E-state index is 9.14. The fourth-order valence-electron chi connectivity index (χ4n) is 1.98. The first-order valence-electron chi connectivity index (χ1n) is 5.32. The van der Waals surface area contributed by atoms with E-state index in [1.54, 1.807) is 0 Å². The molecule has 0 heterocycles. The van der Waals surface area contributed by atoms with Crippen molar-refractivity contribution in [2.24, 2.45) is 0 Å². The molecule has 3 heteroatoms. The van der Waals surface area contributed by atoms with Gasteiger partial charge in [0.1, 0.15) is 0 Å². The van der Waals surface area contributed by atoms with Crippen molar-refractivity contribution in [3.05, 3.63) is 11.0 Å². The van der Waals surface area contributed by atoms with Gasteiger partial charge in [-0.05, 0) is 44.0 Å². The molecule has 0 aromatic heterocycles. The van der Waals surface area contributed by atoms with Crippen molar-refractivity contribution in [2.45, 2.75) is 51.9 Å². The third-order valence-electron chi connectivity index (χ3n) is 2.77. The lowest BCUT2D eigenvalue weighted by atomic mass is 9.69. The van der Waals surface area contributed by atoms with E-state index >= 15 is 0 Å². The van der Waals surface area contributed by atoms with Crippen LogP contribution in [-0.2, 0) is 0 Å². The van der Waals surface area contributed by atoms with Crippen molar-refractivity contribution in [1.82, 2.24) is 0 Å². The third-order valence-corrected chi connectivity index (χ3v) is 2.77. The van der Waals surface area contributed by atoms with Crippen LogP contribution in [0, 0.1) is 0 Å². The number of hydrogen-bond donors (Lipinski definition) is 2. The summed E-state index contributed by atoms with van der Waals surface area (Å²) in [6.45, 7) is 2.17. The summed E-state index contributed by atoms with van der Waals surface area (Å²) in [7, 11) is -1.20. The van der Waals surface area contributed by atoms with Gasteiger partial charge in [-0.15, -0.1) is 0 Å². The minimum absolute atomic E-state index is 0.886. The second-order valence-corrected chi connectivity index (χ2v) is 3.81. The van der Waals surface area contributed by atoms with Crippen LogP contribution in [0.4, 0.5) is 0 Å². The zero-order valence-corrected chi connectivity index (χ0v) is 8.42. The Kier molecular flexibility index (Phi) is 4.53. The summed E-state index contributed by atoms with van der Waals surface area (Å²) in [6, 6.07) is 0. The van der Waals surface area contributed by atoms with Crippen molar-refractivity contribution >= 4 is 7.12 Å². The summed E-state index contributed by atoms with van der Waals surface area (Å²) in [5, 5.41) is 18.3. The summed E-state index contributed by atoms with van der Waals surface area (Å²) in [4.78, 5) is 0. The van der Waals surface area contributed by atoms with Gasteiger partial charge in [0, 0.05) is 0 Å². The molecule has 1 aliphatic carbocycles. The van der Waals surface area contributed by atoms with E-state index in [9.17, 15) is 0 Å². The Balaban J connectivity index is 2.60. The lowest BCUT2D eigenvalue weighted by Crippen LogP contribution is -2.19. The van der Waals surface area contributed by atoms with E-state index in [4.69, 9.17) is 10.0 Å². The molecule has 0 unspecified atom stereocenters. The summed E-state index contributed by atoms with van der Waals surface area (Å²) < 4.78 is 0. The monoisotopic (exact) mass is 182 g/mol. The molecular formula is C10H19BO2. The molecule has 0 amide bonds.